The van der Waals surface area contributed by atoms with Gasteiger partial charge in [-0.25, -0.2) is 0 Å². The Morgan fingerprint density at radius 3 is 3.05 bits per heavy atom. The van der Waals surface area contributed by atoms with E-state index >= 15 is 0 Å². The molecule has 0 radical (unpaired) electrons. The van der Waals surface area contributed by atoms with Crippen LogP contribution in [-0.4, -0.2) is 30.0 Å². The van der Waals surface area contributed by atoms with Crippen molar-refractivity contribution in [1.82, 2.24) is 10.2 Å². The minimum Gasteiger partial charge on any atom is -0.489 e. The fraction of sp³-hybridized carbons (Fsp3) is 0.429. The molecule has 1 aliphatic rings. The summed E-state index contributed by atoms with van der Waals surface area (Å²) in [6.07, 6.45) is 0.868. The van der Waals surface area contributed by atoms with Crippen LogP contribution >= 0.6 is 34.7 Å². The largest absolute Gasteiger partial charge is 0.489 e. The zero-order valence-electron chi connectivity index (χ0n) is 12.1. The Bertz CT molecular complexity index is 651. The number of nitrogens with one attached hydrogen (secondary N) is 1. The molecule has 1 aromatic heterocycles. The van der Waals surface area contributed by atoms with Gasteiger partial charge >= 0.3 is 0 Å². The molecule has 118 valence electrons. The predicted molar refractivity (Wildman–Crippen MR) is 90.7 cm³/mol. The number of anilines is 1. The molecule has 0 aliphatic carbocycles. The third-order valence-electron chi connectivity index (χ3n) is 2.96. The lowest BCUT2D eigenvalue weighted by Crippen LogP contribution is -1.97. The van der Waals surface area contributed by atoms with E-state index in [4.69, 9.17) is 21.1 Å². The van der Waals surface area contributed by atoms with Gasteiger partial charge in [-0.15, -0.1) is 10.2 Å². The summed E-state index contributed by atoms with van der Waals surface area (Å²) in [5.74, 6) is 2.14. The molecular formula is C14H16ClN3O2S2. The lowest BCUT2D eigenvalue weighted by Gasteiger charge is -2.11. The van der Waals surface area contributed by atoms with Crippen LogP contribution in [0.5, 0.6) is 11.5 Å². The highest BCUT2D eigenvalue weighted by atomic mass is 35.5. The number of halogens is 1. The first-order chi connectivity index (χ1) is 10.8. The van der Waals surface area contributed by atoms with Crippen LogP contribution in [0, 0.1) is 0 Å². The summed E-state index contributed by atoms with van der Waals surface area (Å²) in [6, 6.07) is 3.92. The van der Waals surface area contributed by atoms with Crippen LogP contribution in [0.4, 0.5) is 5.13 Å². The van der Waals surface area contributed by atoms with E-state index in [-0.39, 0.29) is 0 Å². The highest BCUT2D eigenvalue weighted by molar-refractivity contribution is 8.00. The molecule has 0 spiro atoms. The van der Waals surface area contributed by atoms with Crippen LogP contribution in [0.3, 0.4) is 0 Å². The van der Waals surface area contributed by atoms with Crippen LogP contribution in [0.2, 0.25) is 5.02 Å². The zero-order valence-corrected chi connectivity index (χ0v) is 14.5. The van der Waals surface area contributed by atoms with E-state index in [0.29, 0.717) is 24.0 Å². The molecule has 1 aliphatic heterocycles. The minimum atomic E-state index is 0.598. The second-order valence-corrected chi connectivity index (χ2v) is 7.25. The van der Waals surface area contributed by atoms with Crippen LogP contribution in [0.15, 0.2) is 16.5 Å². The van der Waals surface area contributed by atoms with Crippen molar-refractivity contribution in [3.8, 4) is 11.5 Å². The van der Waals surface area contributed by atoms with Gasteiger partial charge in [-0.3, -0.25) is 0 Å². The van der Waals surface area contributed by atoms with Crippen molar-refractivity contribution in [3.63, 3.8) is 0 Å². The summed E-state index contributed by atoms with van der Waals surface area (Å²) in [4.78, 5) is 0. The first-order valence-corrected chi connectivity index (χ1v) is 9.22. The lowest BCUT2D eigenvalue weighted by molar-refractivity contribution is 0.297. The number of fused-ring (bicyclic) bond motifs is 1. The monoisotopic (exact) mass is 357 g/mol. The SMILES string of the molecule is CCNc1nnc(SCc2cc(Cl)c3c(c2)OCCCO3)s1. The Kier molecular flexibility index (Phi) is 5.28. The maximum absolute atomic E-state index is 6.30. The van der Waals surface area contributed by atoms with Crippen molar-refractivity contribution >= 4 is 39.8 Å². The van der Waals surface area contributed by atoms with E-state index in [1.165, 1.54) is 0 Å². The molecule has 1 N–H and O–H groups in total. The van der Waals surface area contributed by atoms with Crippen LogP contribution in [-0.2, 0) is 5.75 Å². The van der Waals surface area contributed by atoms with Gasteiger partial charge in [-0.1, -0.05) is 34.7 Å². The average Bonchev–Trinajstić information content (AvgIpc) is 2.81. The van der Waals surface area contributed by atoms with Crippen molar-refractivity contribution in [2.75, 3.05) is 25.1 Å². The van der Waals surface area contributed by atoms with E-state index in [1.54, 1.807) is 23.1 Å². The molecular weight excluding hydrogens is 342 g/mol. The maximum Gasteiger partial charge on any atom is 0.206 e. The second kappa shape index (κ2) is 7.39. The Morgan fingerprint density at radius 1 is 1.32 bits per heavy atom. The molecule has 2 aromatic rings. The number of hydrogen-bond acceptors (Lipinski definition) is 7. The lowest BCUT2D eigenvalue weighted by atomic mass is 10.2. The highest BCUT2D eigenvalue weighted by Gasteiger charge is 2.16. The number of nitrogens with zero attached hydrogens (tertiary/aromatic N) is 2. The van der Waals surface area contributed by atoms with Crippen LogP contribution in [0.1, 0.15) is 18.9 Å². The molecule has 8 heteroatoms. The molecule has 0 saturated carbocycles. The molecule has 0 amide bonds. The highest BCUT2D eigenvalue weighted by Crippen LogP contribution is 2.39. The molecule has 0 fully saturated rings. The van der Waals surface area contributed by atoms with Crippen LogP contribution < -0.4 is 14.8 Å². The summed E-state index contributed by atoms with van der Waals surface area (Å²) in [7, 11) is 0. The molecule has 0 atom stereocenters. The summed E-state index contributed by atoms with van der Waals surface area (Å²) in [6.45, 7) is 4.17. The summed E-state index contributed by atoms with van der Waals surface area (Å²) in [5.41, 5.74) is 1.08. The van der Waals surface area contributed by atoms with Crippen molar-refractivity contribution in [2.24, 2.45) is 0 Å². The number of rotatable bonds is 5. The standard InChI is InChI=1S/C14H16ClN3O2S2/c1-2-16-13-17-18-14(22-13)21-8-9-6-10(15)12-11(7-9)19-4-3-5-20-12/h6-7H,2-5,8H2,1H3,(H,16,17). The van der Waals surface area contributed by atoms with Gasteiger partial charge < -0.3 is 14.8 Å². The summed E-state index contributed by atoms with van der Waals surface area (Å²) < 4.78 is 12.3. The Balaban J connectivity index is 1.69. The Labute approximate surface area is 142 Å². The molecule has 1 aromatic carbocycles. The second-order valence-electron chi connectivity index (χ2n) is 4.65. The van der Waals surface area contributed by atoms with Gasteiger partial charge in [0.1, 0.15) is 0 Å². The quantitative estimate of drug-likeness (QED) is 0.814. The fourth-order valence-corrected chi connectivity index (χ4v) is 4.04. The van der Waals surface area contributed by atoms with Crippen molar-refractivity contribution in [2.45, 2.75) is 23.4 Å². The minimum absolute atomic E-state index is 0.598. The van der Waals surface area contributed by atoms with E-state index in [2.05, 4.69) is 15.5 Å². The van der Waals surface area contributed by atoms with E-state index in [1.807, 2.05) is 19.1 Å². The number of aromatic nitrogens is 2. The molecule has 0 saturated heterocycles. The molecule has 0 bridgehead atoms. The zero-order chi connectivity index (χ0) is 15.4. The van der Waals surface area contributed by atoms with Gasteiger partial charge in [0, 0.05) is 18.7 Å². The van der Waals surface area contributed by atoms with Crippen molar-refractivity contribution in [3.05, 3.63) is 22.7 Å². The predicted octanol–water partition coefficient (Wildman–Crippen LogP) is 4.08. The summed E-state index contributed by atoms with van der Waals surface area (Å²) in [5, 5.41) is 12.8. The van der Waals surface area contributed by atoms with Gasteiger partial charge in [-0.2, -0.15) is 0 Å². The van der Waals surface area contributed by atoms with E-state index < -0.39 is 0 Å². The van der Waals surface area contributed by atoms with Crippen LogP contribution in [0.25, 0.3) is 0 Å². The van der Waals surface area contributed by atoms with Gasteiger partial charge in [0.2, 0.25) is 5.13 Å². The fourth-order valence-electron chi connectivity index (χ4n) is 2.00. The Hall–Kier alpha value is -1.18. The molecule has 2 heterocycles. The van der Waals surface area contributed by atoms with Crippen molar-refractivity contribution < 1.29 is 9.47 Å². The first-order valence-electron chi connectivity index (χ1n) is 7.04. The molecule has 22 heavy (non-hydrogen) atoms. The molecule has 0 unspecified atom stereocenters. The topological polar surface area (TPSA) is 56.3 Å². The first kappa shape index (κ1) is 15.7. The van der Waals surface area contributed by atoms with E-state index in [9.17, 15) is 0 Å². The van der Waals surface area contributed by atoms with Gasteiger partial charge in [0.15, 0.2) is 15.8 Å². The maximum atomic E-state index is 6.30. The summed E-state index contributed by atoms with van der Waals surface area (Å²) >= 11 is 9.49. The number of benzene rings is 1. The third kappa shape index (κ3) is 3.77. The molecule has 3 rings (SSSR count). The third-order valence-corrected chi connectivity index (χ3v) is 5.32. The van der Waals surface area contributed by atoms with Gasteiger partial charge in [-0.05, 0) is 24.6 Å². The number of thioether (sulfide) groups is 1. The van der Waals surface area contributed by atoms with Gasteiger partial charge in [0.05, 0.1) is 18.2 Å². The molecule has 5 nitrogen and oxygen atoms in total. The van der Waals surface area contributed by atoms with Gasteiger partial charge in [0.25, 0.3) is 0 Å². The normalized spacial score (nSPS) is 13.7. The number of hydrogen-bond donors (Lipinski definition) is 1. The smallest absolute Gasteiger partial charge is 0.206 e. The van der Waals surface area contributed by atoms with Crippen molar-refractivity contribution in [1.29, 1.82) is 0 Å². The van der Waals surface area contributed by atoms with E-state index in [0.717, 1.165) is 39.5 Å². The average molecular weight is 358 g/mol. The Morgan fingerprint density at radius 2 is 2.18 bits per heavy atom. The number of ether oxygens (including phenoxy) is 2.